The Morgan fingerprint density at radius 1 is 1.27 bits per heavy atom. The van der Waals surface area contributed by atoms with Gasteiger partial charge < -0.3 is 0 Å². The van der Waals surface area contributed by atoms with Crippen LogP contribution in [0.15, 0.2) is 0 Å². The van der Waals surface area contributed by atoms with E-state index in [1.165, 1.54) is 4.53 Å². The molecule has 0 aliphatic heterocycles. The lowest BCUT2D eigenvalue weighted by molar-refractivity contribution is -0.146. The summed E-state index contributed by atoms with van der Waals surface area (Å²) in [7, 11) is 0. The Hall–Kier alpha value is -0.280. The lowest BCUT2D eigenvalue weighted by Crippen LogP contribution is -2.49. The first-order valence-corrected chi connectivity index (χ1v) is 5.94. The number of halogens is 1. The molecule has 0 N–H and O–H groups in total. The van der Waals surface area contributed by atoms with Crippen molar-refractivity contribution >= 4 is 17.7 Å². The number of carbonyl (C=O) groups excluding carboxylic acids is 1. The van der Waals surface area contributed by atoms with Gasteiger partial charge >= 0.3 is 0 Å². The minimum Gasteiger partial charge on any atom is -0.273 e. The summed E-state index contributed by atoms with van der Waals surface area (Å²) in [6.07, 6.45) is 2.52. The molecule has 0 spiro atoms. The zero-order valence-electron chi connectivity index (χ0n) is 10.5. The van der Waals surface area contributed by atoms with Gasteiger partial charge in [-0.2, -0.15) is 0 Å². The average Bonchev–Trinajstić information content (AvgIpc) is 2.14. The molecule has 0 bridgehead atoms. The minimum atomic E-state index is -0.237. The van der Waals surface area contributed by atoms with Crippen molar-refractivity contribution in [1.82, 2.24) is 9.54 Å². The monoisotopic (exact) mass is 234 g/mol. The zero-order valence-corrected chi connectivity index (χ0v) is 11.3. The maximum Gasteiger partial charge on any atom is 0.237 e. The van der Waals surface area contributed by atoms with E-state index < -0.39 is 0 Å². The molecule has 0 aromatic carbocycles. The summed E-state index contributed by atoms with van der Waals surface area (Å²) in [6, 6.07) is 0. The molecule has 0 unspecified atom stereocenters. The lowest BCUT2D eigenvalue weighted by atomic mass is 10.1. The summed E-state index contributed by atoms with van der Waals surface area (Å²) in [4.78, 5) is 11.8. The molecule has 0 aliphatic rings. The number of rotatable bonds is 5. The molecule has 0 aliphatic carbocycles. The van der Waals surface area contributed by atoms with Crippen LogP contribution >= 0.6 is 11.8 Å². The lowest BCUT2D eigenvalue weighted by Gasteiger charge is -2.37. The van der Waals surface area contributed by atoms with E-state index in [1.54, 1.807) is 5.01 Å². The van der Waals surface area contributed by atoms with E-state index >= 15 is 0 Å². The van der Waals surface area contributed by atoms with Gasteiger partial charge in [-0.25, -0.2) is 0 Å². The van der Waals surface area contributed by atoms with E-state index in [4.69, 9.17) is 11.8 Å². The van der Waals surface area contributed by atoms with Gasteiger partial charge in [0, 0.05) is 30.3 Å². The summed E-state index contributed by atoms with van der Waals surface area (Å²) in [6.45, 7) is 10.6. The summed E-state index contributed by atoms with van der Waals surface area (Å²) in [5, 5.41) is 1.61. The number of unbranched alkanes of at least 4 members (excludes halogenated alkanes) is 1. The highest BCUT2D eigenvalue weighted by atomic mass is 35.5. The van der Waals surface area contributed by atoms with Crippen LogP contribution in [0.2, 0.25) is 0 Å². The van der Waals surface area contributed by atoms with Crippen molar-refractivity contribution in [3.8, 4) is 0 Å². The second kappa shape index (κ2) is 6.33. The van der Waals surface area contributed by atoms with Crippen molar-refractivity contribution in [2.24, 2.45) is 0 Å². The van der Waals surface area contributed by atoms with E-state index in [1.807, 2.05) is 27.7 Å². The average molecular weight is 235 g/mol. The minimum absolute atomic E-state index is 0.101. The van der Waals surface area contributed by atoms with Crippen molar-refractivity contribution in [3.63, 3.8) is 0 Å². The van der Waals surface area contributed by atoms with Gasteiger partial charge in [0.25, 0.3) is 0 Å². The Morgan fingerprint density at radius 3 is 2.13 bits per heavy atom. The first-order valence-electron chi connectivity index (χ1n) is 5.60. The van der Waals surface area contributed by atoms with Crippen LogP contribution in [0, 0.1) is 0 Å². The highest BCUT2D eigenvalue weighted by Crippen LogP contribution is 2.20. The molecule has 0 aromatic rings. The fourth-order valence-electron chi connectivity index (χ4n) is 1.22. The quantitative estimate of drug-likeness (QED) is 0.539. The molecule has 90 valence electrons. The maximum absolute atomic E-state index is 11.8. The van der Waals surface area contributed by atoms with Gasteiger partial charge in [-0.3, -0.25) is 9.80 Å². The van der Waals surface area contributed by atoms with Gasteiger partial charge in [0.15, 0.2) is 0 Å². The number of hydrogen-bond donors (Lipinski definition) is 0. The van der Waals surface area contributed by atoms with Crippen LogP contribution in [0.3, 0.4) is 0 Å². The Labute approximate surface area is 98.5 Å². The molecule has 0 aromatic heterocycles. The summed E-state index contributed by atoms with van der Waals surface area (Å²) < 4.78 is 1.50. The smallest absolute Gasteiger partial charge is 0.237 e. The van der Waals surface area contributed by atoms with Gasteiger partial charge in [-0.15, -0.1) is 4.53 Å². The van der Waals surface area contributed by atoms with E-state index in [-0.39, 0.29) is 11.4 Å². The van der Waals surface area contributed by atoms with Crippen LogP contribution in [0.1, 0.15) is 53.9 Å². The van der Waals surface area contributed by atoms with Gasteiger partial charge in [0.05, 0.1) is 0 Å². The molecular weight excluding hydrogens is 212 g/mol. The molecule has 0 saturated heterocycles. The normalized spacial score (nSPS) is 11.9. The first kappa shape index (κ1) is 14.7. The number of carbonyl (C=O) groups is 1. The second-order valence-corrected chi connectivity index (χ2v) is 4.96. The Bertz CT molecular complexity index is 201. The highest BCUT2D eigenvalue weighted by molar-refractivity contribution is 6.14. The number of hydrogen-bond acceptors (Lipinski definition) is 2. The molecule has 0 fully saturated rings. The summed E-state index contributed by atoms with van der Waals surface area (Å²) >= 11 is 6.14. The Balaban J connectivity index is 4.41. The summed E-state index contributed by atoms with van der Waals surface area (Å²) in [5.41, 5.74) is -0.237. The summed E-state index contributed by atoms with van der Waals surface area (Å²) in [5.74, 6) is 0.101. The molecule has 0 radical (unpaired) electrons. The van der Waals surface area contributed by atoms with Crippen LogP contribution in [0.5, 0.6) is 0 Å². The molecule has 0 atom stereocenters. The van der Waals surface area contributed by atoms with Crippen LogP contribution in [0.4, 0.5) is 0 Å². The third kappa shape index (κ3) is 4.85. The predicted molar refractivity (Wildman–Crippen MR) is 64.4 cm³/mol. The fourth-order valence-corrected chi connectivity index (χ4v) is 1.41. The van der Waals surface area contributed by atoms with E-state index in [2.05, 4.69) is 6.92 Å². The standard InChI is InChI=1S/C11H23ClN2O/c1-6-8-9-10(15)13(7-2)14(12)11(3,4)5/h6-9H2,1-5H3. The zero-order chi connectivity index (χ0) is 12.1. The van der Waals surface area contributed by atoms with E-state index in [9.17, 15) is 4.79 Å². The Kier molecular flexibility index (Phi) is 6.22. The van der Waals surface area contributed by atoms with Gasteiger partial charge in [0.1, 0.15) is 0 Å². The van der Waals surface area contributed by atoms with Crippen molar-refractivity contribution < 1.29 is 4.79 Å². The van der Waals surface area contributed by atoms with Gasteiger partial charge in [-0.05, 0) is 34.1 Å². The third-order valence-electron chi connectivity index (χ3n) is 2.10. The highest BCUT2D eigenvalue weighted by Gasteiger charge is 2.27. The molecule has 0 saturated carbocycles. The molecule has 1 amide bonds. The van der Waals surface area contributed by atoms with Crippen molar-refractivity contribution in [1.29, 1.82) is 0 Å². The number of nitrogens with zero attached hydrogens (tertiary/aromatic N) is 2. The van der Waals surface area contributed by atoms with Gasteiger partial charge in [0.2, 0.25) is 5.91 Å². The topological polar surface area (TPSA) is 23.6 Å². The fraction of sp³-hybridized carbons (Fsp3) is 0.909. The van der Waals surface area contributed by atoms with Crippen molar-refractivity contribution in [2.75, 3.05) is 6.54 Å². The largest absolute Gasteiger partial charge is 0.273 e. The van der Waals surface area contributed by atoms with Gasteiger partial charge in [-0.1, -0.05) is 13.3 Å². The second-order valence-electron chi connectivity index (χ2n) is 4.64. The Morgan fingerprint density at radius 2 is 1.80 bits per heavy atom. The first-order chi connectivity index (χ1) is 6.84. The number of amides is 1. The van der Waals surface area contributed by atoms with E-state index in [0.29, 0.717) is 13.0 Å². The molecule has 3 nitrogen and oxygen atoms in total. The predicted octanol–water partition coefficient (Wildman–Crippen LogP) is 3.19. The van der Waals surface area contributed by atoms with Crippen LogP contribution in [-0.2, 0) is 4.79 Å². The maximum atomic E-state index is 11.8. The molecule has 0 rings (SSSR count). The SMILES string of the molecule is CCCCC(=O)N(CC)N(Cl)C(C)(C)C. The van der Waals surface area contributed by atoms with Crippen molar-refractivity contribution in [3.05, 3.63) is 0 Å². The number of hydrazine groups is 1. The molecular formula is C11H23ClN2O. The molecule has 0 heterocycles. The van der Waals surface area contributed by atoms with Crippen LogP contribution in [-0.4, -0.2) is 27.5 Å². The molecule has 15 heavy (non-hydrogen) atoms. The van der Waals surface area contributed by atoms with Crippen molar-refractivity contribution in [2.45, 2.75) is 59.4 Å². The van der Waals surface area contributed by atoms with Crippen LogP contribution < -0.4 is 0 Å². The van der Waals surface area contributed by atoms with E-state index in [0.717, 1.165) is 12.8 Å². The van der Waals surface area contributed by atoms with Crippen LogP contribution in [0.25, 0.3) is 0 Å². The third-order valence-corrected chi connectivity index (χ3v) is 2.79. The molecule has 4 heteroatoms.